The van der Waals surface area contributed by atoms with Crippen molar-refractivity contribution in [1.29, 1.82) is 0 Å². The lowest BCUT2D eigenvalue weighted by molar-refractivity contribution is 0.0381. The summed E-state index contributed by atoms with van der Waals surface area (Å²) >= 11 is 0. The highest BCUT2D eigenvalue weighted by atomic mass is 32.2. The Bertz CT molecular complexity index is 854. The molecule has 0 atom stereocenters. The van der Waals surface area contributed by atoms with Gasteiger partial charge in [0.05, 0.1) is 23.2 Å². The van der Waals surface area contributed by atoms with Gasteiger partial charge in [-0.05, 0) is 38.7 Å². The maximum Gasteiger partial charge on any atom is 0.228 e. The second kappa shape index (κ2) is 9.20. The fraction of sp³-hybridized carbons (Fsp3) is 0.571. The first-order chi connectivity index (χ1) is 13.4. The Kier molecular flexibility index (Phi) is 6.91. The molecule has 2 heterocycles. The normalized spacial score (nSPS) is 16.7. The van der Waals surface area contributed by atoms with Gasteiger partial charge in [-0.25, -0.2) is 13.4 Å². The minimum absolute atomic E-state index is 0.195. The molecule has 1 saturated heterocycles. The molecule has 1 aromatic carbocycles. The van der Waals surface area contributed by atoms with E-state index in [0.29, 0.717) is 19.2 Å². The summed E-state index contributed by atoms with van der Waals surface area (Å²) in [6.07, 6.45) is 4.85. The van der Waals surface area contributed by atoms with Crippen LogP contribution in [0.1, 0.15) is 37.9 Å². The molecule has 0 bridgehead atoms. The van der Waals surface area contributed by atoms with Gasteiger partial charge in [-0.1, -0.05) is 30.3 Å². The van der Waals surface area contributed by atoms with Gasteiger partial charge in [-0.2, -0.15) is 0 Å². The molecule has 3 rings (SSSR count). The van der Waals surface area contributed by atoms with E-state index in [2.05, 4.69) is 22.0 Å². The topological polar surface area (TPSA) is 64.4 Å². The summed E-state index contributed by atoms with van der Waals surface area (Å²) in [5.74, 6) is 0. The van der Waals surface area contributed by atoms with E-state index in [1.807, 2.05) is 22.8 Å². The lowest BCUT2D eigenvalue weighted by Gasteiger charge is -2.31. The van der Waals surface area contributed by atoms with Crippen LogP contribution in [0.4, 0.5) is 0 Å². The summed E-state index contributed by atoms with van der Waals surface area (Å²) in [5.41, 5.74) is 2.15. The van der Waals surface area contributed by atoms with E-state index < -0.39 is 15.1 Å². The van der Waals surface area contributed by atoms with Crippen molar-refractivity contribution in [3.05, 3.63) is 47.8 Å². The zero-order valence-corrected chi connectivity index (χ0v) is 17.9. The molecule has 0 saturated carbocycles. The summed E-state index contributed by atoms with van der Waals surface area (Å²) in [7, 11) is -1.67. The maximum atomic E-state index is 12.8. The van der Waals surface area contributed by atoms with Gasteiger partial charge in [0.2, 0.25) is 15.0 Å². The molecule has 0 amide bonds. The summed E-state index contributed by atoms with van der Waals surface area (Å²) in [6, 6.07) is 10.2. The van der Waals surface area contributed by atoms with Crippen molar-refractivity contribution in [2.24, 2.45) is 0 Å². The Hall–Kier alpha value is -1.70. The number of rotatable bonds is 8. The Balaban J connectivity index is 1.82. The van der Waals surface area contributed by atoms with Crippen LogP contribution >= 0.6 is 0 Å². The van der Waals surface area contributed by atoms with Crippen molar-refractivity contribution in [2.75, 3.05) is 20.2 Å². The third-order valence-electron chi connectivity index (χ3n) is 5.50. The molecule has 6 nitrogen and oxygen atoms in total. The lowest BCUT2D eigenvalue weighted by atomic mass is 10.1. The van der Waals surface area contributed by atoms with Crippen molar-refractivity contribution < 1.29 is 13.2 Å². The number of aryl methyl sites for hydroxylation is 1. The van der Waals surface area contributed by atoms with Crippen molar-refractivity contribution in [3.8, 4) is 0 Å². The molecule has 1 aliphatic heterocycles. The van der Waals surface area contributed by atoms with Crippen LogP contribution in [-0.4, -0.2) is 54.4 Å². The van der Waals surface area contributed by atoms with Gasteiger partial charge < -0.3 is 9.30 Å². The van der Waals surface area contributed by atoms with E-state index in [1.54, 1.807) is 27.2 Å². The molecule has 0 unspecified atom stereocenters. The van der Waals surface area contributed by atoms with E-state index in [1.165, 1.54) is 5.56 Å². The molecular formula is C21H31N3O3S. The van der Waals surface area contributed by atoms with E-state index in [9.17, 15) is 8.42 Å². The number of piperidine rings is 1. The number of likely N-dealkylation sites (tertiary alicyclic amines) is 1. The Morgan fingerprint density at radius 3 is 2.46 bits per heavy atom. The number of sulfone groups is 1. The van der Waals surface area contributed by atoms with Gasteiger partial charge in [-0.15, -0.1) is 0 Å². The molecule has 0 aliphatic carbocycles. The molecule has 1 fully saturated rings. The predicted octanol–water partition coefficient (Wildman–Crippen LogP) is 2.92. The van der Waals surface area contributed by atoms with Crippen LogP contribution in [0.15, 0.2) is 41.7 Å². The van der Waals surface area contributed by atoms with Crippen LogP contribution in [-0.2, 0) is 34.1 Å². The second-order valence-electron chi connectivity index (χ2n) is 7.72. The number of hydrogen-bond donors (Lipinski definition) is 0. The fourth-order valence-corrected chi connectivity index (χ4v) is 4.75. The number of aromatic nitrogens is 2. The third kappa shape index (κ3) is 4.82. The highest BCUT2D eigenvalue weighted by molar-refractivity contribution is 7.91. The number of nitrogens with zero attached hydrogens (tertiary/aromatic N) is 3. The predicted molar refractivity (Wildman–Crippen MR) is 110 cm³/mol. The van der Waals surface area contributed by atoms with Gasteiger partial charge >= 0.3 is 0 Å². The average molecular weight is 406 g/mol. The van der Waals surface area contributed by atoms with E-state index in [0.717, 1.165) is 38.0 Å². The third-order valence-corrected chi connectivity index (χ3v) is 7.57. The Morgan fingerprint density at radius 1 is 1.18 bits per heavy atom. The summed E-state index contributed by atoms with van der Waals surface area (Å²) < 4.78 is 33.0. The largest absolute Gasteiger partial charge is 0.381 e. The Morgan fingerprint density at radius 2 is 1.86 bits per heavy atom. The van der Waals surface area contributed by atoms with Gasteiger partial charge in [-0.3, -0.25) is 4.90 Å². The van der Waals surface area contributed by atoms with Crippen LogP contribution in [0.5, 0.6) is 0 Å². The molecule has 154 valence electrons. The second-order valence-corrected chi connectivity index (χ2v) is 10.1. The maximum absolute atomic E-state index is 12.8. The van der Waals surface area contributed by atoms with Crippen molar-refractivity contribution in [1.82, 2.24) is 14.5 Å². The van der Waals surface area contributed by atoms with E-state index in [4.69, 9.17) is 4.74 Å². The lowest BCUT2D eigenvalue weighted by Crippen LogP contribution is -2.36. The standard InChI is InChI=1S/C21H31N3O3S/c1-17(2)28(25,26)21-22-15-19(16-23-12-10-20(27-3)11-13-23)24(21)14-9-18-7-5-4-6-8-18/h4-8,15,17,20H,9-14,16H2,1-3H3. The quantitative estimate of drug-likeness (QED) is 0.676. The van der Waals surface area contributed by atoms with Crippen LogP contribution in [0, 0.1) is 0 Å². The molecule has 0 spiro atoms. The molecule has 0 radical (unpaired) electrons. The first-order valence-electron chi connectivity index (χ1n) is 9.99. The van der Waals surface area contributed by atoms with Crippen LogP contribution in [0.25, 0.3) is 0 Å². The SMILES string of the molecule is COC1CCN(Cc2cnc(S(=O)(=O)C(C)C)n2CCc2ccccc2)CC1. The highest BCUT2D eigenvalue weighted by Gasteiger charge is 2.28. The minimum atomic E-state index is -3.43. The first-order valence-corrected chi connectivity index (χ1v) is 11.5. The number of ether oxygens (including phenoxy) is 1. The molecule has 1 aliphatic rings. The zero-order chi connectivity index (χ0) is 20.1. The summed E-state index contributed by atoms with van der Waals surface area (Å²) in [5, 5.41) is -0.295. The van der Waals surface area contributed by atoms with Crippen molar-refractivity contribution in [3.63, 3.8) is 0 Å². The van der Waals surface area contributed by atoms with Crippen molar-refractivity contribution in [2.45, 2.75) is 62.7 Å². The van der Waals surface area contributed by atoms with Crippen LogP contribution in [0.3, 0.4) is 0 Å². The molecule has 7 heteroatoms. The number of methoxy groups -OCH3 is 1. The summed E-state index contributed by atoms with van der Waals surface area (Å²) in [4.78, 5) is 6.70. The van der Waals surface area contributed by atoms with Crippen LogP contribution < -0.4 is 0 Å². The molecular weight excluding hydrogens is 374 g/mol. The van der Waals surface area contributed by atoms with E-state index in [-0.39, 0.29) is 5.16 Å². The first kappa shape index (κ1) is 21.0. The van der Waals surface area contributed by atoms with Gasteiger partial charge in [0, 0.05) is 33.3 Å². The van der Waals surface area contributed by atoms with Gasteiger partial charge in [0.1, 0.15) is 0 Å². The molecule has 1 aromatic heterocycles. The molecule has 0 N–H and O–H groups in total. The zero-order valence-electron chi connectivity index (χ0n) is 17.0. The molecule has 2 aromatic rings. The average Bonchev–Trinajstić information content (AvgIpc) is 3.11. The highest BCUT2D eigenvalue weighted by Crippen LogP contribution is 2.21. The van der Waals surface area contributed by atoms with Crippen molar-refractivity contribution >= 4 is 9.84 Å². The summed E-state index contributed by atoms with van der Waals surface area (Å²) in [6.45, 7) is 6.64. The number of imidazole rings is 1. The monoisotopic (exact) mass is 405 g/mol. The fourth-order valence-electron chi connectivity index (χ4n) is 3.61. The van der Waals surface area contributed by atoms with Crippen LogP contribution in [0.2, 0.25) is 0 Å². The Labute approximate surface area is 168 Å². The van der Waals surface area contributed by atoms with E-state index >= 15 is 0 Å². The van der Waals surface area contributed by atoms with Gasteiger partial charge in [0.15, 0.2) is 0 Å². The minimum Gasteiger partial charge on any atom is -0.381 e. The smallest absolute Gasteiger partial charge is 0.228 e. The van der Waals surface area contributed by atoms with Gasteiger partial charge in [0.25, 0.3) is 0 Å². The number of hydrogen-bond acceptors (Lipinski definition) is 5. The number of benzene rings is 1. The molecule has 28 heavy (non-hydrogen) atoms.